The van der Waals surface area contributed by atoms with Crippen molar-refractivity contribution in [3.8, 4) is 5.75 Å². The number of hydrogen-bond acceptors (Lipinski definition) is 4. The summed E-state index contributed by atoms with van der Waals surface area (Å²) in [5.41, 5.74) is 1.14. The monoisotopic (exact) mass is 375 g/mol. The second kappa shape index (κ2) is 9.97. The van der Waals surface area contributed by atoms with E-state index >= 15 is 0 Å². The second-order valence-corrected chi connectivity index (χ2v) is 5.90. The van der Waals surface area contributed by atoms with Gasteiger partial charge in [-0.2, -0.15) is 0 Å². The lowest BCUT2D eigenvalue weighted by Crippen LogP contribution is -2.50. The summed E-state index contributed by atoms with van der Waals surface area (Å²) in [6.07, 6.45) is 0.978. The summed E-state index contributed by atoms with van der Waals surface area (Å²) in [5.74, 6) is 1.44. The number of halogens is 2. The van der Waals surface area contributed by atoms with Gasteiger partial charge in [0.1, 0.15) is 5.75 Å². The molecule has 0 bridgehead atoms. The first kappa shape index (κ1) is 20.9. The van der Waals surface area contributed by atoms with Gasteiger partial charge in [-0.15, -0.1) is 24.8 Å². The van der Waals surface area contributed by atoms with Gasteiger partial charge < -0.3 is 19.9 Å². The van der Waals surface area contributed by atoms with Crippen LogP contribution < -0.4 is 15.0 Å². The molecule has 2 fully saturated rings. The highest BCUT2D eigenvalue weighted by Crippen LogP contribution is 2.29. The average Bonchev–Trinajstić information content (AvgIpc) is 3.10. The highest BCUT2D eigenvalue weighted by Gasteiger charge is 2.29. The van der Waals surface area contributed by atoms with Crippen LogP contribution >= 0.6 is 24.8 Å². The molecule has 1 aromatic rings. The Bertz CT molecular complexity index is 516. The van der Waals surface area contributed by atoms with Gasteiger partial charge in [0.05, 0.1) is 18.2 Å². The standard InChI is InChI=1S/C17H25N3O2.2ClH/c1-2-22-16-6-4-3-5-15(16)19-9-11-20(12-10-19)17(21)14-7-8-18-13-14;;/h3-6,14,18H,2,7-13H2,1H3;2*1H. The molecule has 0 saturated carbocycles. The van der Waals surface area contributed by atoms with E-state index in [9.17, 15) is 4.79 Å². The Morgan fingerprint density at radius 2 is 1.92 bits per heavy atom. The smallest absolute Gasteiger partial charge is 0.227 e. The summed E-state index contributed by atoms with van der Waals surface area (Å²) >= 11 is 0. The van der Waals surface area contributed by atoms with E-state index in [1.807, 2.05) is 30.0 Å². The zero-order chi connectivity index (χ0) is 15.4. The van der Waals surface area contributed by atoms with Crippen molar-refractivity contribution in [1.29, 1.82) is 0 Å². The molecule has 1 aromatic carbocycles. The number of amides is 1. The number of nitrogens with one attached hydrogen (secondary N) is 1. The minimum atomic E-state index is 0. The first-order chi connectivity index (χ1) is 10.8. The van der Waals surface area contributed by atoms with Gasteiger partial charge >= 0.3 is 0 Å². The van der Waals surface area contributed by atoms with Gasteiger partial charge in [0, 0.05) is 32.7 Å². The van der Waals surface area contributed by atoms with E-state index in [4.69, 9.17) is 4.74 Å². The molecular weight excluding hydrogens is 349 g/mol. The molecule has 2 aliphatic rings. The topological polar surface area (TPSA) is 44.8 Å². The third-order valence-corrected chi connectivity index (χ3v) is 4.51. The molecule has 1 unspecified atom stereocenters. The summed E-state index contributed by atoms with van der Waals surface area (Å²) in [7, 11) is 0. The number of benzene rings is 1. The molecule has 1 amide bonds. The molecule has 3 rings (SSSR count). The van der Waals surface area contributed by atoms with E-state index in [0.29, 0.717) is 12.5 Å². The number of piperazine rings is 1. The first-order valence-corrected chi connectivity index (χ1v) is 8.26. The fraction of sp³-hybridized carbons (Fsp3) is 0.588. The fourth-order valence-electron chi connectivity index (χ4n) is 3.29. The summed E-state index contributed by atoms with van der Waals surface area (Å²) < 4.78 is 5.72. The third kappa shape index (κ3) is 4.68. The molecule has 0 aromatic heterocycles. The minimum absolute atomic E-state index is 0. The molecule has 1 atom stereocenters. The Balaban J connectivity index is 0.00000144. The Morgan fingerprint density at radius 1 is 1.21 bits per heavy atom. The van der Waals surface area contributed by atoms with Crippen LogP contribution in [0.2, 0.25) is 0 Å². The summed E-state index contributed by atoms with van der Waals surface area (Å²) in [6.45, 7) is 7.83. The molecular formula is C17H27Cl2N3O2. The maximum atomic E-state index is 12.5. The SMILES string of the molecule is CCOc1ccccc1N1CCN(C(=O)C2CCNC2)CC1.Cl.Cl. The predicted octanol–water partition coefficient (Wildman–Crippen LogP) is 2.19. The summed E-state index contributed by atoms with van der Waals surface area (Å²) in [6, 6.07) is 8.16. The van der Waals surface area contributed by atoms with E-state index in [1.165, 1.54) is 0 Å². The molecule has 0 aliphatic carbocycles. The number of carbonyl (C=O) groups excluding carboxylic acids is 1. The maximum Gasteiger partial charge on any atom is 0.227 e. The van der Waals surface area contributed by atoms with Gasteiger partial charge in [0.2, 0.25) is 5.91 Å². The van der Waals surface area contributed by atoms with Crippen molar-refractivity contribution in [2.45, 2.75) is 13.3 Å². The Kier molecular flexibility index (Phi) is 8.67. The summed E-state index contributed by atoms with van der Waals surface area (Å²) in [4.78, 5) is 16.8. The predicted molar refractivity (Wildman–Crippen MR) is 102 cm³/mol. The van der Waals surface area contributed by atoms with Crippen molar-refractivity contribution < 1.29 is 9.53 Å². The van der Waals surface area contributed by atoms with Crippen LogP contribution in [-0.4, -0.2) is 56.7 Å². The largest absolute Gasteiger partial charge is 0.492 e. The van der Waals surface area contributed by atoms with Gasteiger partial charge in [-0.05, 0) is 32.0 Å². The van der Waals surface area contributed by atoms with Crippen molar-refractivity contribution in [2.75, 3.05) is 50.8 Å². The fourth-order valence-corrected chi connectivity index (χ4v) is 3.29. The van der Waals surface area contributed by atoms with E-state index < -0.39 is 0 Å². The van der Waals surface area contributed by atoms with Crippen LogP contribution in [0.5, 0.6) is 5.75 Å². The molecule has 2 heterocycles. The van der Waals surface area contributed by atoms with E-state index in [0.717, 1.165) is 57.1 Å². The molecule has 0 radical (unpaired) electrons. The van der Waals surface area contributed by atoms with Crippen molar-refractivity contribution in [3.05, 3.63) is 24.3 Å². The van der Waals surface area contributed by atoms with Gasteiger partial charge in [-0.25, -0.2) is 0 Å². The maximum absolute atomic E-state index is 12.5. The number of nitrogens with zero attached hydrogens (tertiary/aromatic N) is 2. The summed E-state index contributed by atoms with van der Waals surface area (Å²) in [5, 5.41) is 3.27. The van der Waals surface area contributed by atoms with Crippen molar-refractivity contribution in [3.63, 3.8) is 0 Å². The minimum Gasteiger partial charge on any atom is -0.492 e. The highest BCUT2D eigenvalue weighted by atomic mass is 35.5. The molecule has 2 saturated heterocycles. The number of hydrogen-bond donors (Lipinski definition) is 1. The third-order valence-electron chi connectivity index (χ3n) is 4.51. The van der Waals surface area contributed by atoms with Crippen molar-refractivity contribution >= 4 is 36.4 Å². The zero-order valence-electron chi connectivity index (χ0n) is 14.1. The number of rotatable bonds is 4. The zero-order valence-corrected chi connectivity index (χ0v) is 15.7. The molecule has 0 spiro atoms. The quantitative estimate of drug-likeness (QED) is 0.875. The van der Waals surface area contributed by atoms with E-state index in [-0.39, 0.29) is 30.7 Å². The lowest BCUT2D eigenvalue weighted by atomic mass is 10.1. The number of ether oxygens (including phenoxy) is 1. The van der Waals surface area contributed by atoms with E-state index in [1.54, 1.807) is 0 Å². The van der Waals surface area contributed by atoms with Crippen LogP contribution in [0.3, 0.4) is 0 Å². The van der Waals surface area contributed by atoms with Gasteiger partial charge in [-0.1, -0.05) is 12.1 Å². The van der Waals surface area contributed by atoms with Crippen molar-refractivity contribution in [2.24, 2.45) is 5.92 Å². The Hall–Kier alpha value is -1.17. The molecule has 136 valence electrons. The normalized spacial score (nSPS) is 20.1. The molecule has 1 N–H and O–H groups in total. The Labute approximate surface area is 156 Å². The molecule has 2 aliphatic heterocycles. The van der Waals surface area contributed by atoms with Gasteiger partial charge in [0.25, 0.3) is 0 Å². The average molecular weight is 376 g/mol. The second-order valence-electron chi connectivity index (χ2n) is 5.90. The molecule has 24 heavy (non-hydrogen) atoms. The van der Waals surface area contributed by atoms with Crippen LogP contribution in [0, 0.1) is 5.92 Å². The molecule has 7 heteroatoms. The van der Waals surface area contributed by atoms with Gasteiger partial charge in [-0.3, -0.25) is 4.79 Å². The highest BCUT2D eigenvalue weighted by molar-refractivity contribution is 5.85. The Morgan fingerprint density at radius 3 is 2.54 bits per heavy atom. The number of anilines is 1. The lowest BCUT2D eigenvalue weighted by molar-refractivity contribution is -0.135. The molecule has 5 nitrogen and oxygen atoms in total. The number of para-hydroxylation sites is 2. The van der Waals surface area contributed by atoms with Crippen LogP contribution in [0.4, 0.5) is 5.69 Å². The number of carbonyl (C=O) groups is 1. The lowest BCUT2D eigenvalue weighted by Gasteiger charge is -2.37. The van der Waals surface area contributed by atoms with E-state index in [2.05, 4.69) is 16.3 Å². The van der Waals surface area contributed by atoms with Crippen molar-refractivity contribution in [1.82, 2.24) is 10.2 Å². The van der Waals surface area contributed by atoms with Gasteiger partial charge in [0.15, 0.2) is 0 Å². The van der Waals surface area contributed by atoms with Crippen LogP contribution in [0.25, 0.3) is 0 Å². The van der Waals surface area contributed by atoms with Crippen LogP contribution in [-0.2, 0) is 4.79 Å². The first-order valence-electron chi connectivity index (χ1n) is 8.26. The van der Waals surface area contributed by atoms with Crippen LogP contribution in [0.15, 0.2) is 24.3 Å². The van der Waals surface area contributed by atoms with Crippen LogP contribution in [0.1, 0.15) is 13.3 Å².